The number of aromatic nitrogens is 4. The smallest absolute Gasteiger partial charge is 0.272 e. The van der Waals surface area contributed by atoms with Gasteiger partial charge in [0.15, 0.2) is 0 Å². The Morgan fingerprint density at radius 2 is 2.04 bits per heavy atom. The van der Waals surface area contributed by atoms with Crippen molar-refractivity contribution in [2.75, 3.05) is 0 Å². The molecule has 3 aromatic rings. The summed E-state index contributed by atoms with van der Waals surface area (Å²) in [4.78, 5) is 21.3. The molecule has 0 bridgehead atoms. The number of rotatable bonds is 6. The first-order chi connectivity index (χ1) is 12.8. The van der Waals surface area contributed by atoms with Crippen LogP contribution in [0.5, 0.6) is 0 Å². The third kappa shape index (κ3) is 3.54. The number of nitrogens with zero attached hydrogens (tertiary/aromatic N) is 4. The molecule has 1 amide bonds. The summed E-state index contributed by atoms with van der Waals surface area (Å²) in [7, 11) is 0. The quantitative estimate of drug-likeness (QED) is 0.744. The van der Waals surface area contributed by atoms with Crippen LogP contribution in [0.3, 0.4) is 0 Å². The van der Waals surface area contributed by atoms with E-state index in [9.17, 15) is 4.79 Å². The molecule has 1 aromatic carbocycles. The molecule has 26 heavy (non-hydrogen) atoms. The van der Waals surface area contributed by atoms with Crippen molar-refractivity contribution in [3.05, 3.63) is 71.8 Å². The normalized spacial score (nSPS) is 13.4. The zero-order valence-electron chi connectivity index (χ0n) is 14.8. The molecule has 6 heteroatoms. The van der Waals surface area contributed by atoms with Crippen LogP contribution in [0.4, 0.5) is 0 Å². The van der Waals surface area contributed by atoms with Gasteiger partial charge >= 0.3 is 0 Å². The largest absolute Gasteiger partial charge is 0.343 e. The molecule has 0 radical (unpaired) electrons. The Labute approximate surface area is 152 Å². The van der Waals surface area contributed by atoms with E-state index in [-0.39, 0.29) is 5.91 Å². The van der Waals surface area contributed by atoms with E-state index >= 15 is 0 Å². The van der Waals surface area contributed by atoms with Gasteiger partial charge in [0.1, 0.15) is 11.5 Å². The van der Waals surface area contributed by atoms with Crippen molar-refractivity contribution < 1.29 is 4.79 Å². The molecule has 1 aliphatic heterocycles. The summed E-state index contributed by atoms with van der Waals surface area (Å²) in [6.45, 7) is 2.21. The number of imidazole rings is 2. The highest BCUT2D eigenvalue weighted by atomic mass is 16.1. The van der Waals surface area contributed by atoms with E-state index in [0.29, 0.717) is 12.2 Å². The lowest BCUT2D eigenvalue weighted by atomic mass is 10.1. The number of amides is 1. The highest BCUT2D eigenvalue weighted by molar-refractivity contribution is 5.93. The number of hydrogen-bond donors (Lipinski definition) is 1. The number of aryl methyl sites for hydroxylation is 3. The second-order valence-corrected chi connectivity index (χ2v) is 6.65. The predicted octanol–water partition coefficient (Wildman–Crippen LogP) is 2.59. The molecule has 134 valence electrons. The zero-order valence-corrected chi connectivity index (χ0v) is 14.8. The Morgan fingerprint density at radius 3 is 2.92 bits per heavy atom. The molecule has 4 rings (SSSR count). The standard InChI is InChI=1S/C20H23N5O/c26-20(19-17-8-4-5-11-25(17)15-23-19)22-14-18-21-10-13-24(18)12-9-16-6-2-1-3-7-16/h1-3,6-7,10,13,15H,4-5,8-9,11-12,14H2,(H,22,26). The van der Waals surface area contributed by atoms with Crippen LogP contribution in [-0.2, 0) is 32.5 Å². The minimum Gasteiger partial charge on any atom is -0.343 e. The van der Waals surface area contributed by atoms with E-state index in [4.69, 9.17) is 0 Å². The van der Waals surface area contributed by atoms with Crippen molar-refractivity contribution in [1.29, 1.82) is 0 Å². The molecule has 1 N–H and O–H groups in total. The summed E-state index contributed by atoms with van der Waals surface area (Å²) in [6, 6.07) is 10.4. The van der Waals surface area contributed by atoms with Crippen molar-refractivity contribution in [2.45, 2.75) is 45.3 Å². The summed E-state index contributed by atoms with van der Waals surface area (Å²) < 4.78 is 4.19. The molecule has 1 aliphatic rings. The van der Waals surface area contributed by atoms with Crippen LogP contribution in [-0.4, -0.2) is 25.0 Å². The van der Waals surface area contributed by atoms with Crippen LogP contribution >= 0.6 is 0 Å². The molecule has 0 aliphatic carbocycles. The number of nitrogens with one attached hydrogen (secondary N) is 1. The molecule has 0 unspecified atom stereocenters. The van der Waals surface area contributed by atoms with Gasteiger partial charge in [-0.05, 0) is 31.2 Å². The van der Waals surface area contributed by atoms with E-state index < -0.39 is 0 Å². The fraction of sp³-hybridized carbons (Fsp3) is 0.350. The Balaban J connectivity index is 1.37. The predicted molar refractivity (Wildman–Crippen MR) is 98.7 cm³/mol. The van der Waals surface area contributed by atoms with Gasteiger partial charge in [-0.2, -0.15) is 0 Å². The van der Waals surface area contributed by atoms with Gasteiger partial charge in [0.2, 0.25) is 0 Å². The summed E-state index contributed by atoms with van der Waals surface area (Å²) in [6.07, 6.45) is 9.67. The molecular weight excluding hydrogens is 326 g/mol. The number of carbonyl (C=O) groups excluding carboxylic acids is 1. The van der Waals surface area contributed by atoms with Crippen molar-refractivity contribution in [3.63, 3.8) is 0 Å². The number of hydrogen-bond acceptors (Lipinski definition) is 3. The average molecular weight is 349 g/mol. The minimum atomic E-state index is -0.113. The highest BCUT2D eigenvalue weighted by Gasteiger charge is 2.20. The van der Waals surface area contributed by atoms with Crippen LogP contribution in [0.25, 0.3) is 0 Å². The Kier molecular flexibility index (Phi) is 4.82. The molecule has 2 aromatic heterocycles. The maximum absolute atomic E-state index is 12.5. The highest BCUT2D eigenvalue weighted by Crippen LogP contribution is 2.17. The molecule has 0 atom stereocenters. The molecule has 3 heterocycles. The van der Waals surface area contributed by atoms with Gasteiger partial charge in [-0.15, -0.1) is 0 Å². The van der Waals surface area contributed by atoms with Crippen LogP contribution in [0.2, 0.25) is 0 Å². The third-order valence-corrected chi connectivity index (χ3v) is 4.92. The first-order valence-corrected chi connectivity index (χ1v) is 9.17. The van der Waals surface area contributed by atoms with Crippen molar-refractivity contribution in [2.24, 2.45) is 0 Å². The summed E-state index contributed by atoms with van der Waals surface area (Å²) in [5, 5.41) is 2.98. The van der Waals surface area contributed by atoms with Gasteiger partial charge in [0.25, 0.3) is 5.91 Å². The van der Waals surface area contributed by atoms with Crippen molar-refractivity contribution in [3.8, 4) is 0 Å². The SMILES string of the molecule is O=C(NCc1nccn1CCc1ccccc1)c1ncn2c1CCCC2. The zero-order chi connectivity index (χ0) is 17.8. The fourth-order valence-electron chi connectivity index (χ4n) is 3.47. The molecule has 0 saturated heterocycles. The van der Waals surface area contributed by atoms with Crippen LogP contribution in [0.15, 0.2) is 49.1 Å². The lowest BCUT2D eigenvalue weighted by molar-refractivity contribution is 0.0943. The van der Waals surface area contributed by atoms with Gasteiger partial charge in [-0.25, -0.2) is 9.97 Å². The Hall–Kier alpha value is -2.89. The van der Waals surface area contributed by atoms with Gasteiger partial charge < -0.3 is 14.5 Å². The Bertz CT molecular complexity index is 881. The lowest BCUT2D eigenvalue weighted by Gasteiger charge is -2.15. The summed E-state index contributed by atoms with van der Waals surface area (Å²) in [5.41, 5.74) is 2.91. The second kappa shape index (κ2) is 7.56. The van der Waals surface area contributed by atoms with Crippen LogP contribution < -0.4 is 5.32 Å². The monoisotopic (exact) mass is 349 g/mol. The fourth-order valence-corrected chi connectivity index (χ4v) is 3.47. The van der Waals surface area contributed by atoms with Crippen LogP contribution in [0.1, 0.15) is 40.4 Å². The number of benzene rings is 1. The first-order valence-electron chi connectivity index (χ1n) is 9.17. The van der Waals surface area contributed by atoms with Crippen molar-refractivity contribution in [1.82, 2.24) is 24.4 Å². The first kappa shape index (κ1) is 16.6. The average Bonchev–Trinajstić information content (AvgIpc) is 3.32. The van der Waals surface area contributed by atoms with Crippen molar-refractivity contribution >= 4 is 5.91 Å². The third-order valence-electron chi connectivity index (χ3n) is 4.92. The second-order valence-electron chi connectivity index (χ2n) is 6.65. The molecular formula is C20H23N5O. The van der Waals surface area contributed by atoms with E-state index in [1.807, 2.05) is 12.3 Å². The maximum Gasteiger partial charge on any atom is 0.272 e. The van der Waals surface area contributed by atoms with E-state index in [1.165, 1.54) is 5.56 Å². The molecule has 0 spiro atoms. The van der Waals surface area contributed by atoms with Gasteiger partial charge in [0, 0.05) is 25.5 Å². The molecule has 0 fully saturated rings. The van der Waals surface area contributed by atoms with Crippen LogP contribution in [0, 0.1) is 0 Å². The Morgan fingerprint density at radius 1 is 1.15 bits per heavy atom. The van der Waals surface area contributed by atoms with E-state index in [1.54, 1.807) is 12.5 Å². The minimum absolute atomic E-state index is 0.113. The van der Waals surface area contributed by atoms with Gasteiger partial charge in [-0.3, -0.25) is 4.79 Å². The van der Waals surface area contributed by atoms with E-state index in [0.717, 1.165) is 50.3 Å². The number of carbonyl (C=O) groups is 1. The van der Waals surface area contributed by atoms with E-state index in [2.05, 4.69) is 48.7 Å². The van der Waals surface area contributed by atoms with Gasteiger partial charge in [-0.1, -0.05) is 30.3 Å². The summed E-state index contributed by atoms with van der Waals surface area (Å²) >= 11 is 0. The van der Waals surface area contributed by atoms with Gasteiger partial charge in [0.05, 0.1) is 18.6 Å². The summed E-state index contributed by atoms with van der Waals surface area (Å²) in [5.74, 6) is 0.751. The number of fused-ring (bicyclic) bond motifs is 1. The molecule has 6 nitrogen and oxygen atoms in total. The molecule has 0 saturated carbocycles. The maximum atomic E-state index is 12.5. The lowest BCUT2D eigenvalue weighted by Crippen LogP contribution is -2.27. The topological polar surface area (TPSA) is 64.7 Å².